The van der Waals surface area contributed by atoms with Gasteiger partial charge in [-0.05, 0) is 24.3 Å². The highest BCUT2D eigenvalue weighted by Gasteiger charge is 2.17. The first-order chi connectivity index (χ1) is 10.0. The van der Waals surface area contributed by atoms with E-state index in [1.165, 1.54) is 30.6 Å². The predicted molar refractivity (Wildman–Crippen MR) is 80.4 cm³/mol. The minimum absolute atomic E-state index is 0.117. The number of carbonyl (C=O) groups is 1. The number of nitrogens with one attached hydrogen (secondary N) is 1. The third-order valence-corrected chi connectivity index (χ3v) is 5.12. The monoisotopic (exact) mass is 326 g/mol. The van der Waals surface area contributed by atoms with Crippen LogP contribution < -0.4 is 10.1 Å². The van der Waals surface area contributed by atoms with E-state index in [-0.39, 0.29) is 23.0 Å². The first-order valence-corrected chi connectivity index (χ1v) is 8.60. The lowest BCUT2D eigenvalue weighted by atomic mass is 10.3. The Labute approximate surface area is 126 Å². The van der Waals surface area contributed by atoms with Gasteiger partial charge in [-0.3, -0.25) is 4.79 Å². The second-order valence-electron chi connectivity index (χ2n) is 4.13. The number of carbonyl (C=O) groups excluding carboxylic acids is 1. The van der Waals surface area contributed by atoms with Gasteiger partial charge in [0, 0.05) is 18.0 Å². The van der Waals surface area contributed by atoms with E-state index < -0.39 is 9.84 Å². The van der Waals surface area contributed by atoms with E-state index in [1.807, 2.05) is 0 Å². The molecule has 1 heterocycles. The van der Waals surface area contributed by atoms with E-state index >= 15 is 0 Å². The van der Waals surface area contributed by atoms with E-state index in [1.54, 1.807) is 23.7 Å². The molecule has 0 radical (unpaired) electrons. The van der Waals surface area contributed by atoms with E-state index in [9.17, 15) is 13.2 Å². The standard InChI is InChI=1S/C13H14N2O4S2/c1-19-10-2-4-11(5-3-10)21(17,18)9-6-12(16)15-13-14-7-8-20-13/h2-5,7-8H,6,9H2,1H3,(H,14,15,16). The van der Waals surface area contributed by atoms with Crippen LogP contribution in [0.4, 0.5) is 5.13 Å². The summed E-state index contributed by atoms with van der Waals surface area (Å²) in [4.78, 5) is 15.7. The Hall–Kier alpha value is -1.93. The fraction of sp³-hybridized carbons (Fsp3) is 0.231. The smallest absolute Gasteiger partial charge is 0.227 e. The van der Waals surface area contributed by atoms with Gasteiger partial charge < -0.3 is 10.1 Å². The highest BCUT2D eigenvalue weighted by molar-refractivity contribution is 7.91. The molecule has 1 aromatic carbocycles. The lowest BCUT2D eigenvalue weighted by Gasteiger charge is -2.05. The Morgan fingerprint density at radius 1 is 1.33 bits per heavy atom. The van der Waals surface area contributed by atoms with Crippen molar-refractivity contribution in [3.8, 4) is 5.75 Å². The molecule has 0 aliphatic heterocycles. The minimum Gasteiger partial charge on any atom is -0.497 e. The van der Waals surface area contributed by atoms with Crippen molar-refractivity contribution >= 4 is 32.2 Å². The maximum absolute atomic E-state index is 12.1. The molecule has 0 atom stereocenters. The number of anilines is 1. The van der Waals surface area contributed by atoms with Gasteiger partial charge in [0.1, 0.15) is 5.75 Å². The predicted octanol–water partition coefficient (Wildman–Crippen LogP) is 1.95. The molecule has 0 aliphatic rings. The molecule has 1 N–H and O–H groups in total. The summed E-state index contributed by atoms with van der Waals surface area (Å²) >= 11 is 1.28. The summed E-state index contributed by atoms with van der Waals surface area (Å²) < 4.78 is 29.2. The summed E-state index contributed by atoms with van der Waals surface area (Å²) in [5.74, 6) is -0.0474. The Kier molecular flexibility index (Phi) is 4.92. The number of hydrogen-bond donors (Lipinski definition) is 1. The second kappa shape index (κ2) is 6.68. The molecule has 2 aromatic rings. The lowest BCUT2D eigenvalue weighted by molar-refractivity contribution is -0.115. The third kappa shape index (κ3) is 4.27. The molecular weight excluding hydrogens is 312 g/mol. The number of aromatic nitrogens is 1. The van der Waals surface area contributed by atoms with E-state index in [2.05, 4.69) is 10.3 Å². The molecule has 1 amide bonds. The van der Waals surface area contributed by atoms with Crippen LogP contribution in [0.25, 0.3) is 0 Å². The topological polar surface area (TPSA) is 85.4 Å². The van der Waals surface area contributed by atoms with E-state index in [0.717, 1.165) is 0 Å². The molecule has 0 saturated carbocycles. The van der Waals surface area contributed by atoms with Crippen LogP contribution in [0.15, 0.2) is 40.7 Å². The highest BCUT2D eigenvalue weighted by Crippen LogP contribution is 2.17. The summed E-state index contributed by atoms with van der Waals surface area (Å²) in [6.45, 7) is 0. The normalized spacial score (nSPS) is 11.1. The van der Waals surface area contributed by atoms with Crippen LogP contribution >= 0.6 is 11.3 Å². The molecule has 1 aromatic heterocycles. The number of hydrogen-bond acceptors (Lipinski definition) is 6. The zero-order valence-corrected chi connectivity index (χ0v) is 12.9. The van der Waals surface area contributed by atoms with Crippen molar-refractivity contribution in [1.29, 1.82) is 0 Å². The summed E-state index contributed by atoms with van der Waals surface area (Å²) in [6, 6.07) is 6.07. The van der Waals surface area contributed by atoms with Gasteiger partial charge in [0.2, 0.25) is 5.91 Å². The molecule has 0 unspecified atom stereocenters. The van der Waals surface area contributed by atoms with Crippen LogP contribution in [0.1, 0.15) is 6.42 Å². The minimum atomic E-state index is -3.49. The van der Waals surface area contributed by atoms with Crippen molar-refractivity contribution in [3.05, 3.63) is 35.8 Å². The first kappa shape index (κ1) is 15.5. The summed E-state index contributed by atoms with van der Waals surface area (Å²) in [7, 11) is -1.99. The van der Waals surface area contributed by atoms with Crippen molar-refractivity contribution in [3.63, 3.8) is 0 Å². The van der Waals surface area contributed by atoms with Gasteiger partial charge in [0.25, 0.3) is 0 Å². The zero-order valence-electron chi connectivity index (χ0n) is 11.3. The van der Waals surface area contributed by atoms with Crippen molar-refractivity contribution in [2.75, 3.05) is 18.2 Å². The molecule has 0 spiro atoms. The third-order valence-electron chi connectivity index (χ3n) is 2.70. The molecule has 112 valence electrons. The van der Waals surface area contributed by atoms with Crippen LogP contribution in [0.5, 0.6) is 5.75 Å². The number of ether oxygens (including phenoxy) is 1. The number of sulfone groups is 1. The van der Waals surface area contributed by atoms with Gasteiger partial charge >= 0.3 is 0 Å². The number of methoxy groups -OCH3 is 1. The van der Waals surface area contributed by atoms with Crippen molar-refractivity contribution in [2.45, 2.75) is 11.3 Å². The van der Waals surface area contributed by atoms with Crippen molar-refractivity contribution in [1.82, 2.24) is 4.98 Å². The van der Waals surface area contributed by atoms with Gasteiger partial charge in [0.05, 0.1) is 17.8 Å². The fourth-order valence-electron chi connectivity index (χ4n) is 1.59. The molecule has 6 nitrogen and oxygen atoms in total. The number of thiazole rings is 1. The number of nitrogens with zero attached hydrogens (tertiary/aromatic N) is 1. The van der Waals surface area contributed by atoms with Crippen molar-refractivity contribution in [2.24, 2.45) is 0 Å². The van der Waals surface area contributed by atoms with Gasteiger partial charge in [-0.2, -0.15) is 0 Å². The second-order valence-corrected chi connectivity index (χ2v) is 7.13. The Morgan fingerprint density at radius 3 is 2.62 bits per heavy atom. The highest BCUT2D eigenvalue weighted by atomic mass is 32.2. The largest absolute Gasteiger partial charge is 0.497 e. The summed E-state index contributed by atoms with van der Waals surface area (Å²) in [6.07, 6.45) is 1.45. The van der Waals surface area contributed by atoms with E-state index in [4.69, 9.17) is 4.74 Å². The summed E-state index contributed by atoms with van der Waals surface area (Å²) in [5, 5.41) is 4.73. The molecule has 8 heteroatoms. The lowest BCUT2D eigenvalue weighted by Crippen LogP contribution is -2.17. The average Bonchev–Trinajstić information content (AvgIpc) is 2.98. The van der Waals surface area contributed by atoms with Gasteiger partial charge in [-0.1, -0.05) is 0 Å². The van der Waals surface area contributed by atoms with Gasteiger partial charge in [-0.25, -0.2) is 13.4 Å². The molecular formula is C13H14N2O4S2. The Morgan fingerprint density at radius 2 is 2.05 bits per heavy atom. The maximum atomic E-state index is 12.1. The van der Waals surface area contributed by atoms with Crippen LogP contribution in [0, 0.1) is 0 Å². The molecule has 0 aliphatic carbocycles. The molecule has 21 heavy (non-hydrogen) atoms. The quantitative estimate of drug-likeness (QED) is 0.877. The van der Waals surface area contributed by atoms with Crippen molar-refractivity contribution < 1.29 is 17.9 Å². The molecule has 0 bridgehead atoms. The number of benzene rings is 1. The van der Waals surface area contributed by atoms with Crippen LogP contribution in [0.3, 0.4) is 0 Å². The molecule has 2 rings (SSSR count). The maximum Gasteiger partial charge on any atom is 0.227 e. The van der Waals surface area contributed by atoms with Crippen LogP contribution in [0.2, 0.25) is 0 Å². The molecule has 0 saturated heterocycles. The summed E-state index contributed by atoms with van der Waals surface area (Å²) in [5.41, 5.74) is 0. The Bertz CT molecular complexity index is 694. The number of rotatable bonds is 6. The molecule has 0 fully saturated rings. The van der Waals surface area contributed by atoms with Crippen LogP contribution in [-0.2, 0) is 14.6 Å². The van der Waals surface area contributed by atoms with Gasteiger partial charge in [0.15, 0.2) is 15.0 Å². The average molecular weight is 326 g/mol. The zero-order chi connectivity index (χ0) is 15.3. The van der Waals surface area contributed by atoms with Crippen LogP contribution in [-0.4, -0.2) is 32.2 Å². The fourth-order valence-corrected chi connectivity index (χ4v) is 3.38. The SMILES string of the molecule is COc1ccc(S(=O)(=O)CCC(=O)Nc2nccs2)cc1. The van der Waals surface area contributed by atoms with E-state index in [0.29, 0.717) is 10.9 Å². The number of amides is 1. The Balaban J connectivity index is 1.95. The first-order valence-electron chi connectivity index (χ1n) is 6.07. The van der Waals surface area contributed by atoms with Gasteiger partial charge in [-0.15, -0.1) is 11.3 Å².